The van der Waals surface area contributed by atoms with Crippen molar-refractivity contribution < 1.29 is 14.3 Å². The molecule has 0 N–H and O–H groups in total. The quantitative estimate of drug-likeness (QED) is 0.705. The first-order valence-corrected chi connectivity index (χ1v) is 11.1. The third-order valence-corrected chi connectivity index (χ3v) is 7.49. The molecule has 2 fully saturated rings. The molecule has 2 aliphatic carbocycles. The molecule has 4 rings (SSSR count). The van der Waals surface area contributed by atoms with Gasteiger partial charge in [0.25, 0.3) is 0 Å². The smallest absolute Gasteiger partial charge is 0.310 e. The van der Waals surface area contributed by atoms with Gasteiger partial charge in [-0.15, -0.1) is 0 Å². The van der Waals surface area contributed by atoms with E-state index in [1.807, 2.05) is 17.9 Å². The fraction of sp³-hybridized carbons (Fsp3) is 0.667. The molecule has 1 saturated carbocycles. The van der Waals surface area contributed by atoms with E-state index in [9.17, 15) is 9.59 Å². The number of piperidine rings is 1. The zero-order valence-corrected chi connectivity index (χ0v) is 17.1. The minimum Gasteiger partial charge on any atom is -0.466 e. The Bertz CT molecular complexity index is 712. The van der Waals surface area contributed by atoms with Crippen molar-refractivity contribution in [3.63, 3.8) is 0 Å². The van der Waals surface area contributed by atoms with Crippen molar-refractivity contribution in [2.45, 2.75) is 70.6 Å². The lowest BCUT2D eigenvalue weighted by molar-refractivity contribution is -0.152. The van der Waals surface area contributed by atoms with Gasteiger partial charge in [0.15, 0.2) is 0 Å². The summed E-state index contributed by atoms with van der Waals surface area (Å²) in [5.74, 6) is -0.333. The van der Waals surface area contributed by atoms with E-state index in [-0.39, 0.29) is 30.1 Å². The van der Waals surface area contributed by atoms with Gasteiger partial charge in [-0.25, -0.2) is 0 Å². The first-order chi connectivity index (χ1) is 13.6. The molecule has 1 aromatic rings. The zero-order chi connectivity index (χ0) is 19.6. The average Bonchev–Trinajstić information content (AvgIpc) is 3.34. The lowest BCUT2D eigenvalue weighted by Gasteiger charge is -2.40. The van der Waals surface area contributed by atoms with Crippen LogP contribution in [0.2, 0.25) is 0 Å². The molecule has 1 unspecified atom stereocenters. The maximum absolute atomic E-state index is 13.1. The molecule has 1 heterocycles. The predicted octanol–water partition coefficient (Wildman–Crippen LogP) is 4.47. The lowest BCUT2D eigenvalue weighted by atomic mass is 9.77. The molecule has 1 aliphatic heterocycles. The molecule has 1 amide bonds. The number of hydrogen-bond acceptors (Lipinski definition) is 3. The maximum Gasteiger partial charge on any atom is 0.310 e. The molecule has 3 aliphatic rings. The third kappa shape index (κ3) is 3.83. The SMILES string of the molecule is CCOC(=O)C(CC(=O)N1CCC2(CCCC2)CC1)[C@@H]1CCc2ccccc21. The van der Waals surface area contributed by atoms with Gasteiger partial charge in [0.05, 0.1) is 12.5 Å². The van der Waals surface area contributed by atoms with E-state index in [4.69, 9.17) is 4.74 Å². The van der Waals surface area contributed by atoms with E-state index in [2.05, 4.69) is 18.2 Å². The molecule has 152 valence electrons. The van der Waals surface area contributed by atoms with Crippen molar-refractivity contribution in [1.82, 2.24) is 4.90 Å². The maximum atomic E-state index is 13.1. The molecule has 0 bridgehead atoms. The van der Waals surface area contributed by atoms with E-state index in [1.165, 1.54) is 36.8 Å². The number of fused-ring (bicyclic) bond motifs is 1. The minimum absolute atomic E-state index is 0.102. The van der Waals surface area contributed by atoms with E-state index in [1.54, 1.807) is 0 Å². The van der Waals surface area contributed by atoms with Crippen LogP contribution in [0.4, 0.5) is 0 Å². The van der Waals surface area contributed by atoms with Crippen molar-refractivity contribution in [3.05, 3.63) is 35.4 Å². The van der Waals surface area contributed by atoms with E-state index in [0.29, 0.717) is 12.0 Å². The van der Waals surface area contributed by atoms with E-state index in [0.717, 1.165) is 38.8 Å². The van der Waals surface area contributed by atoms with Gasteiger partial charge in [-0.05, 0) is 67.9 Å². The second-order valence-electron chi connectivity index (χ2n) is 8.99. The van der Waals surface area contributed by atoms with Crippen LogP contribution < -0.4 is 0 Å². The van der Waals surface area contributed by atoms with Crippen molar-refractivity contribution >= 4 is 11.9 Å². The highest BCUT2D eigenvalue weighted by atomic mass is 16.5. The van der Waals surface area contributed by atoms with Crippen molar-refractivity contribution in [1.29, 1.82) is 0 Å². The second-order valence-corrected chi connectivity index (χ2v) is 8.99. The largest absolute Gasteiger partial charge is 0.466 e. The Morgan fingerprint density at radius 2 is 1.86 bits per heavy atom. The molecule has 1 saturated heterocycles. The van der Waals surface area contributed by atoms with E-state index >= 15 is 0 Å². The normalized spacial score (nSPS) is 24.2. The first-order valence-electron chi connectivity index (χ1n) is 11.1. The van der Waals surface area contributed by atoms with Gasteiger partial charge >= 0.3 is 5.97 Å². The number of aryl methyl sites for hydroxylation is 1. The Morgan fingerprint density at radius 3 is 2.57 bits per heavy atom. The molecule has 0 radical (unpaired) electrons. The zero-order valence-electron chi connectivity index (χ0n) is 17.1. The van der Waals surface area contributed by atoms with Crippen LogP contribution in [0.15, 0.2) is 24.3 Å². The summed E-state index contributed by atoms with van der Waals surface area (Å²) in [5, 5.41) is 0. The van der Waals surface area contributed by atoms with Gasteiger partial charge in [0.1, 0.15) is 0 Å². The van der Waals surface area contributed by atoms with Gasteiger partial charge in [0, 0.05) is 19.5 Å². The molecule has 4 nitrogen and oxygen atoms in total. The Labute approximate surface area is 168 Å². The lowest BCUT2D eigenvalue weighted by Crippen LogP contribution is -2.43. The Balaban J connectivity index is 1.44. The summed E-state index contributed by atoms with van der Waals surface area (Å²) in [7, 11) is 0. The number of benzene rings is 1. The van der Waals surface area contributed by atoms with Gasteiger partial charge < -0.3 is 9.64 Å². The number of nitrogens with zero attached hydrogens (tertiary/aromatic N) is 1. The number of likely N-dealkylation sites (tertiary alicyclic amines) is 1. The number of rotatable bonds is 5. The fourth-order valence-corrected chi connectivity index (χ4v) is 5.82. The number of ether oxygens (including phenoxy) is 1. The van der Waals surface area contributed by atoms with Crippen molar-refractivity contribution in [3.8, 4) is 0 Å². The summed E-state index contributed by atoms with van der Waals surface area (Å²) in [4.78, 5) is 27.9. The minimum atomic E-state index is -0.363. The van der Waals surface area contributed by atoms with Crippen LogP contribution >= 0.6 is 0 Å². The number of carbonyl (C=O) groups excluding carboxylic acids is 2. The van der Waals surface area contributed by atoms with Crippen molar-refractivity contribution in [2.24, 2.45) is 11.3 Å². The Kier molecular flexibility index (Phi) is 5.75. The van der Waals surface area contributed by atoms with E-state index < -0.39 is 0 Å². The highest BCUT2D eigenvalue weighted by molar-refractivity contribution is 5.84. The van der Waals surface area contributed by atoms with Crippen LogP contribution in [-0.4, -0.2) is 36.5 Å². The molecule has 1 spiro atoms. The van der Waals surface area contributed by atoms with Crippen molar-refractivity contribution in [2.75, 3.05) is 19.7 Å². The van der Waals surface area contributed by atoms with Crippen LogP contribution in [0.1, 0.15) is 75.3 Å². The summed E-state index contributed by atoms with van der Waals surface area (Å²) in [6, 6.07) is 8.35. The highest BCUT2D eigenvalue weighted by Gasteiger charge is 2.40. The molecule has 2 atom stereocenters. The predicted molar refractivity (Wildman–Crippen MR) is 109 cm³/mol. The molecule has 28 heavy (non-hydrogen) atoms. The topological polar surface area (TPSA) is 46.6 Å². The summed E-state index contributed by atoms with van der Waals surface area (Å²) in [5.41, 5.74) is 3.05. The number of amides is 1. The Morgan fingerprint density at radius 1 is 1.14 bits per heavy atom. The Hall–Kier alpha value is -1.84. The number of hydrogen-bond donors (Lipinski definition) is 0. The molecule has 1 aromatic carbocycles. The first kappa shape index (κ1) is 19.5. The van der Waals surface area contributed by atoms with Crippen LogP contribution in [0, 0.1) is 11.3 Å². The summed E-state index contributed by atoms with van der Waals surface area (Å²) < 4.78 is 5.39. The number of esters is 1. The average molecular weight is 384 g/mol. The summed E-state index contributed by atoms with van der Waals surface area (Å²) in [6.07, 6.45) is 9.82. The fourth-order valence-electron chi connectivity index (χ4n) is 5.82. The second kappa shape index (κ2) is 8.26. The van der Waals surface area contributed by atoms with Gasteiger partial charge in [-0.1, -0.05) is 37.1 Å². The standard InChI is InChI=1S/C24H33NO3/c1-2-28-23(27)21(20-10-9-18-7-3-4-8-19(18)20)17-22(26)25-15-13-24(14-16-25)11-5-6-12-24/h3-4,7-8,20-21H,2,5-6,9-17H2,1H3/t20-,21?/m1/s1. The summed E-state index contributed by atoms with van der Waals surface area (Å²) >= 11 is 0. The molecular weight excluding hydrogens is 350 g/mol. The van der Waals surface area contributed by atoms with Crippen LogP contribution in [0.25, 0.3) is 0 Å². The van der Waals surface area contributed by atoms with Crippen LogP contribution in [-0.2, 0) is 20.7 Å². The number of carbonyl (C=O) groups is 2. The summed E-state index contributed by atoms with van der Waals surface area (Å²) in [6.45, 7) is 3.92. The molecule has 0 aromatic heterocycles. The molecule has 4 heteroatoms. The highest BCUT2D eigenvalue weighted by Crippen LogP contribution is 2.46. The van der Waals surface area contributed by atoms with Gasteiger partial charge in [0.2, 0.25) is 5.91 Å². The third-order valence-electron chi connectivity index (χ3n) is 7.49. The van der Waals surface area contributed by atoms with Crippen LogP contribution in [0.5, 0.6) is 0 Å². The molecular formula is C24H33NO3. The monoisotopic (exact) mass is 383 g/mol. The van der Waals surface area contributed by atoms with Gasteiger partial charge in [-0.3, -0.25) is 9.59 Å². The van der Waals surface area contributed by atoms with Gasteiger partial charge in [-0.2, -0.15) is 0 Å². The van der Waals surface area contributed by atoms with Crippen LogP contribution in [0.3, 0.4) is 0 Å².